The largest absolute Gasteiger partial charge is 0.258 e. The molecular weight excluding hydrogens is 244 g/mol. The lowest BCUT2D eigenvalue weighted by atomic mass is 9.97. The number of benzene rings is 2. The van der Waals surface area contributed by atoms with Crippen LogP contribution in [0.5, 0.6) is 0 Å². The van der Waals surface area contributed by atoms with Crippen LogP contribution in [0.25, 0.3) is 22.4 Å². The van der Waals surface area contributed by atoms with Gasteiger partial charge in [-0.15, -0.1) is 0 Å². The van der Waals surface area contributed by atoms with Crippen LogP contribution in [0, 0.1) is 13.8 Å². The zero-order chi connectivity index (χ0) is 13.9. The first-order chi connectivity index (χ1) is 9.75. The van der Waals surface area contributed by atoms with Crippen LogP contribution < -0.4 is 0 Å². The Morgan fingerprint density at radius 1 is 0.750 bits per heavy atom. The summed E-state index contributed by atoms with van der Waals surface area (Å²) in [5, 5.41) is 0. The predicted molar refractivity (Wildman–Crippen MR) is 82.4 cm³/mol. The van der Waals surface area contributed by atoms with Crippen LogP contribution >= 0.6 is 0 Å². The van der Waals surface area contributed by atoms with Crippen molar-refractivity contribution in [1.29, 1.82) is 0 Å². The van der Waals surface area contributed by atoms with E-state index in [4.69, 9.17) is 0 Å². The van der Waals surface area contributed by atoms with E-state index in [0.717, 1.165) is 17.0 Å². The Hall–Kier alpha value is -2.48. The van der Waals surface area contributed by atoms with Gasteiger partial charge in [0.2, 0.25) is 0 Å². The lowest BCUT2D eigenvalue weighted by molar-refractivity contribution is 1.12. The van der Waals surface area contributed by atoms with E-state index in [1.165, 1.54) is 16.7 Å². The van der Waals surface area contributed by atoms with E-state index in [1.54, 1.807) is 12.4 Å². The average molecular weight is 260 g/mol. The van der Waals surface area contributed by atoms with Gasteiger partial charge >= 0.3 is 0 Å². The van der Waals surface area contributed by atoms with Gasteiger partial charge in [0, 0.05) is 18.0 Å². The Morgan fingerprint density at radius 3 is 2.20 bits per heavy atom. The molecule has 0 fully saturated rings. The molecule has 0 saturated carbocycles. The van der Waals surface area contributed by atoms with E-state index in [9.17, 15) is 0 Å². The summed E-state index contributed by atoms with van der Waals surface area (Å²) in [7, 11) is 0. The van der Waals surface area contributed by atoms with E-state index >= 15 is 0 Å². The zero-order valence-electron chi connectivity index (χ0n) is 11.7. The van der Waals surface area contributed by atoms with Gasteiger partial charge in [0.25, 0.3) is 0 Å². The van der Waals surface area contributed by atoms with Crippen LogP contribution in [-0.4, -0.2) is 9.97 Å². The fourth-order valence-corrected chi connectivity index (χ4v) is 2.41. The highest BCUT2D eigenvalue weighted by atomic mass is 14.8. The van der Waals surface area contributed by atoms with E-state index < -0.39 is 0 Å². The van der Waals surface area contributed by atoms with E-state index in [-0.39, 0.29) is 0 Å². The van der Waals surface area contributed by atoms with Gasteiger partial charge < -0.3 is 0 Å². The standard InChI is InChI=1S/C18H16N2/c1-13-12-16(15-6-4-3-5-7-15)8-9-17(13)18-14(2)19-10-11-20-18/h3-12H,1-2H3. The second kappa shape index (κ2) is 5.25. The highest BCUT2D eigenvalue weighted by Gasteiger charge is 2.08. The van der Waals surface area contributed by atoms with E-state index in [2.05, 4.69) is 59.4 Å². The lowest BCUT2D eigenvalue weighted by Crippen LogP contribution is -1.93. The van der Waals surface area contributed by atoms with Crippen molar-refractivity contribution in [2.45, 2.75) is 13.8 Å². The molecule has 0 aliphatic carbocycles. The smallest absolute Gasteiger partial charge is 0.0917 e. The molecule has 1 aromatic heterocycles. The lowest BCUT2D eigenvalue weighted by Gasteiger charge is -2.10. The molecule has 0 bridgehead atoms. The molecule has 20 heavy (non-hydrogen) atoms. The third-order valence-corrected chi connectivity index (χ3v) is 3.47. The molecule has 0 aliphatic heterocycles. The number of rotatable bonds is 2. The van der Waals surface area contributed by atoms with Gasteiger partial charge in [-0.05, 0) is 30.5 Å². The molecule has 2 heteroatoms. The minimum atomic E-state index is 0.961. The molecule has 0 N–H and O–H groups in total. The van der Waals surface area contributed by atoms with Gasteiger partial charge in [-0.25, -0.2) is 0 Å². The summed E-state index contributed by atoms with van der Waals surface area (Å²) in [4.78, 5) is 8.76. The summed E-state index contributed by atoms with van der Waals surface area (Å²) < 4.78 is 0. The van der Waals surface area contributed by atoms with Crippen molar-refractivity contribution in [3.05, 3.63) is 72.2 Å². The number of hydrogen-bond acceptors (Lipinski definition) is 2. The van der Waals surface area contributed by atoms with Crippen LogP contribution in [0.4, 0.5) is 0 Å². The molecule has 0 aliphatic rings. The van der Waals surface area contributed by atoms with E-state index in [1.807, 2.05) is 13.0 Å². The molecule has 98 valence electrons. The Balaban J connectivity index is 2.07. The molecule has 3 aromatic rings. The highest BCUT2D eigenvalue weighted by molar-refractivity contribution is 5.72. The molecule has 0 spiro atoms. The van der Waals surface area contributed by atoms with Crippen molar-refractivity contribution < 1.29 is 0 Å². The molecule has 0 radical (unpaired) electrons. The maximum absolute atomic E-state index is 4.45. The van der Waals surface area contributed by atoms with Crippen molar-refractivity contribution >= 4 is 0 Å². The van der Waals surface area contributed by atoms with Crippen molar-refractivity contribution in [1.82, 2.24) is 9.97 Å². The maximum Gasteiger partial charge on any atom is 0.0917 e. The van der Waals surface area contributed by atoms with E-state index in [0.29, 0.717) is 0 Å². The van der Waals surface area contributed by atoms with Gasteiger partial charge in [0.15, 0.2) is 0 Å². The molecule has 2 nitrogen and oxygen atoms in total. The Bertz CT molecular complexity index is 733. The predicted octanol–water partition coefficient (Wildman–Crippen LogP) is 4.43. The SMILES string of the molecule is Cc1cc(-c2ccccc2)ccc1-c1nccnc1C. The Labute approximate surface area is 119 Å². The maximum atomic E-state index is 4.45. The Kier molecular flexibility index (Phi) is 3.30. The molecule has 0 amide bonds. The van der Waals surface area contributed by atoms with Gasteiger partial charge in [0.05, 0.1) is 11.4 Å². The van der Waals surface area contributed by atoms with Crippen molar-refractivity contribution in [2.24, 2.45) is 0 Å². The number of aryl methyl sites for hydroxylation is 2. The van der Waals surface area contributed by atoms with Gasteiger partial charge in [-0.3, -0.25) is 9.97 Å². The molecule has 0 saturated heterocycles. The zero-order valence-corrected chi connectivity index (χ0v) is 11.7. The topological polar surface area (TPSA) is 25.8 Å². The summed E-state index contributed by atoms with van der Waals surface area (Å²) in [5.74, 6) is 0. The number of aromatic nitrogens is 2. The third kappa shape index (κ3) is 2.32. The molecule has 0 unspecified atom stereocenters. The molecular formula is C18H16N2. The van der Waals surface area contributed by atoms with Crippen LogP contribution in [-0.2, 0) is 0 Å². The summed E-state index contributed by atoms with van der Waals surface area (Å²) in [5.41, 5.74) is 6.75. The van der Waals surface area contributed by atoms with Crippen LogP contribution in [0.1, 0.15) is 11.3 Å². The molecule has 1 heterocycles. The highest BCUT2D eigenvalue weighted by Crippen LogP contribution is 2.28. The monoisotopic (exact) mass is 260 g/mol. The van der Waals surface area contributed by atoms with Gasteiger partial charge in [-0.1, -0.05) is 48.5 Å². The fourth-order valence-electron chi connectivity index (χ4n) is 2.41. The van der Waals surface area contributed by atoms with Gasteiger partial charge in [-0.2, -0.15) is 0 Å². The average Bonchev–Trinajstić information content (AvgIpc) is 2.49. The van der Waals surface area contributed by atoms with Crippen molar-refractivity contribution in [3.63, 3.8) is 0 Å². The quantitative estimate of drug-likeness (QED) is 0.681. The summed E-state index contributed by atoms with van der Waals surface area (Å²) in [6, 6.07) is 16.9. The first kappa shape index (κ1) is 12.5. The molecule has 0 atom stereocenters. The minimum absolute atomic E-state index is 0.961. The van der Waals surface area contributed by atoms with Crippen molar-refractivity contribution in [2.75, 3.05) is 0 Å². The molecule has 3 rings (SSSR count). The number of hydrogen-bond donors (Lipinski definition) is 0. The third-order valence-electron chi connectivity index (χ3n) is 3.47. The normalized spacial score (nSPS) is 10.5. The van der Waals surface area contributed by atoms with Crippen LogP contribution in [0.2, 0.25) is 0 Å². The van der Waals surface area contributed by atoms with Crippen molar-refractivity contribution in [3.8, 4) is 22.4 Å². The van der Waals surface area contributed by atoms with Crippen LogP contribution in [0.3, 0.4) is 0 Å². The summed E-state index contributed by atoms with van der Waals surface area (Å²) >= 11 is 0. The van der Waals surface area contributed by atoms with Gasteiger partial charge in [0.1, 0.15) is 0 Å². The van der Waals surface area contributed by atoms with Crippen LogP contribution in [0.15, 0.2) is 60.9 Å². The second-order valence-electron chi connectivity index (χ2n) is 4.89. The Morgan fingerprint density at radius 2 is 1.50 bits per heavy atom. The first-order valence-electron chi connectivity index (χ1n) is 6.70. The number of nitrogens with zero attached hydrogens (tertiary/aromatic N) is 2. The summed E-state index contributed by atoms with van der Waals surface area (Å²) in [6.45, 7) is 4.11. The fraction of sp³-hybridized carbons (Fsp3) is 0.111. The summed E-state index contributed by atoms with van der Waals surface area (Å²) in [6.07, 6.45) is 3.47. The molecule has 2 aromatic carbocycles. The first-order valence-corrected chi connectivity index (χ1v) is 6.70. The minimum Gasteiger partial charge on any atom is -0.258 e. The second-order valence-corrected chi connectivity index (χ2v) is 4.89.